The van der Waals surface area contributed by atoms with Crippen molar-refractivity contribution < 1.29 is 0 Å². The molecule has 1 N–H and O–H groups in total. The molecule has 0 spiro atoms. The summed E-state index contributed by atoms with van der Waals surface area (Å²) in [6.45, 7) is 3.47. The number of hydrogen-bond donors (Lipinski definition) is 1. The Morgan fingerprint density at radius 1 is 1.22 bits per heavy atom. The minimum Gasteiger partial charge on any atom is -0.361 e. The molecule has 0 amide bonds. The monoisotopic (exact) mass is 260 g/mol. The zero-order valence-corrected chi connectivity index (χ0v) is 11.7. The average molecular weight is 260 g/mol. The van der Waals surface area contributed by atoms with E-state index in [4.69, 9.17) is 0 Å². The molecule has 1 saturated carbocycles. The van der Waals surface area contributed by atoms with Crippen LogP contribution < -0.4 is 5.32 Å². The Hall–Kier alpha value is -1.09. The van der Waals surface area contributed by atoms with Crippen molar-refractivity contribution in [1.29, 1.82) is 0 Å². The molecule has 2 aromatic rings. The summed E-state index contributed by atoms with van der Waals surface area (Å²) in [5.74, 6) is 0. The minimum absolute atomic E-state index is 0.468. The van der Waals surface area contributed by atoms with Gasteiger partial charge in [-0.25, -0.2) is 4.98 Å². The second-order valence-electron chi connectivity index (χ2n) is 5.71. The Bertz CT molecular complexity index is 493. The van der Waals surface area contributed by atoms with Crippen LogP contribution in [0.5, 0.6) is 0 Å². The molecule has 0 bridgehead atoms. The Morgan fingerprint density at radius 2 is 2.00 bits per heavy atom. The molecular formula is C15H20N2S. The van der Waals surface area contributed by atoms with Crippen molar-refractivity contribution >= 4 is 26.7 Å². The molecule has 3 heteroatoms. The van der Waals surface area contributed by atoms with E-state index < -0.39 is 0 Å². The van der Waals surface area contributed by atoms with E-state index >= 15 is 0 Å². The van der Waals surface area contributed by atoms with Gasteiger partial charge in [-0.15, -0.1) is 0 Å². The molecule has 1 fully saturated rings. The van der Waals surface area contributed by atoms with E-state index in [2.05, 4.69) is 35.4 Å². The van der Waals surface area contributed by atoms with Gasteiger partial charge in [-0.1, -0.05) is 49.7 Å². The summed E-state index contributed by atoms with van der Waals surface area (Å²) < 4.78 is 1.27. The van der Waals surface area contributed by atoms with E-state index in [9.17, 15) is 0 Å². The van der Waals surface area contributed by atoms with Gasteiger partial charge in [0.2, 0.25) is 0 Å². The third-order valence-corrected chi connectivity index (χ3v) is 5.02. The van der Waals surface area contributed by atoms with E-state index in [0.717, 1.165) is 17.2 Å². The molecular weight excluding hydrogens is 240 g/mol. The van der Waals surface area contributed by atoms with Gasteiger partial charge in [0, 0.05) is 6.54 Å². The van der Waals surface area contributed by atoms with Crippen molar-refractivity contribution in [2.24, 2.45) is 5.41 Å². The number of fused-ring (bicyclic) bond motifs is 1. The number of thiazole rings is 1. The highest BCUT2D eigenvalue weighted by Gasteiger charge is 2.26. The summed E-state index contributed by atoms with van der Waals surface area (Å²) in [7, 11) is 0. The molecule has 2 nitrogen and oxygen atoms in total. The Morgan fingerprint density at radius 3 is 2.78 bits per heavy atom. The number of benzene rings is 1. The standard InChI is InChI=1S/C15H20N2S/c1-15(9-5-2-6-10-15)11-16-14-17-12-7-3-4-8-13(12)18-14/h3-4,7-8H,2,5-6,9-11H2,1H3,(H,16,17). The number of anilines is 1. The lowest BCUT2D eigenvalue weighted by Crippen LogP contribution is -2.28. The minimum atomic E-state index is 0.468. The number of hydrogen-bond acceptors (Lipinski definition) is 3. The van der Waals surface area contributed by atoms with Crippen molar-refractivity contribution in [3.05, 3.63) is 24.3 Å². The van der Waals surface area contributed by atoms with Crippen LogP contribution in [0.3, 0.4) is 0 Å². The maximum absolute atomic E-state index is 4.64. The van der Waals surface area contributed by atoms with Crippen LogP contribution in [0.2, 0.25) is 0 Å². The number of aromatic nitrogens is 1. The predicted molar refractivity (Wildman–Crippen MR) is 79.3 cm³/mol. The van der Waals surface area contributed by atoms with Gasteiger partial charge in [0.1, 0.15) is 0 Å². The summed E-state index contributed by atoms with van der Waals surface area (Å²) >= 11 is 1.76. The first-order chi connectivity index (χ1) is 8.75. The summed E-state index contributed by atoms with van der Waals surface area (Å²) in [4.78, 5) is 4.64. The summed E-state index contributed by atoms with van der Waals surface area (Å²) in [6, 6.07) is 8.35. The van der Waals surface area contributed by atoms with E-state index in [-0.39, 0.29) is 0 Å². The number of para-hydroxylation sites is 1. The molecule has 3 rings (SSSR count). The van der Waals surface area contributed by atoms with E-state index in [0.29, 0.717) is 5.41 Å². The lowest BCUT2D eigenvalue weighted by molar-refractivity contribution is 0.233. The highest BCUT2D eigenvalue weighted by Crippen LogP contribution is 2.36. The van der Waals surface area contributed by atoms with Crippen LogP contribution in [0.4, 0.5) is 5.13 Å². The lowest BCUT2D eigenvalue weighted by atomic mass is 9.76. The summed E-state index contributed by atoms with van der Waals surface area (Å²) in [6.07, 6.45) is 6.89. The molecule has 1 aromatic heterocycles. The number of rotatable bonds is 3. The van der Waals surface area contributed by atoms with Crippen molar-refractivity contribution in [3.8, 4) is 0 Å². The Balaban J connectivity index is 1.69. The highest BCUT2D eigenvalue weighted by atomic mass is 32.1. The van der Waals surface area contributed by atoms with E-state index in [1.54, 1.807) is 11.3 Å². The van der Waals surface area contributed by atoms with Gasteiger partial charge in [-0.2, -0.15) is 0 Å². The molecule has 18 heavy (non-hydrogen) atoms. The number of nitrogens with zero attached hydrogens (tertiary/aromatic N) is 1. The first kappa shape index (κ1) is 12.0. The van der Waals surface area contributed by atoms with Crippen LogP contribution in [0.1, 0.15) is 39.0 Å². The maximum atomic E-state index is 4.64. The van der Waals surface area contributed by atoms with E-state index in [1.165, 1.54) is 36.8 Å². The molecule has 0 saturated heterocycles. The summed E-state index contributed by atoms with van der Waals surface area (Å²) in [5.41, 5.74) is 1.58. The average Bonchev–Trinajstić information content (AvgIpc) is 2.80. The zero-order chi connectivity index (χ0) is 12.4. The largest absolute Gasteiger partial charge is 0.361 e. The van der Waals surface area contributed by atoms with Crippen molar-refractivity contribution in [3.63, 3.8) is 0 Å². The molecule has 0 aliphatic heterocycles. The topological polar surface area (TPSA) is 24.9 Å². The van der Waals surface area contributed by atoms with Crippen molar-refractivity contribution in [2.75, 3.05) is 11.9 Å². The molecule has 96 valence electrons. The fourth-order valence-electron chi connectivity index (χ4n) is 2.82. The quantitative estimate of drug-likeness (QED) is 0.866. The Kier molecular flexibility index (Phi) is 3.25. The number of nitrogens with one attached hydrogen (secondary N) is 1. The molecule has 1 aliphatic carbocycles. The highest BCUT2D eigenvalue weighted by molar-refractivity contribution is 7.22. The molecule has 1 aliphatic rings. The SMILES string of the molecule is CC1(CNc2nc3ccccc3s2)CCCCC1. The van der Waals surface area contributed by atoms with Gasteiger partial charge in [0.25, 0.3) is 0 Å². The third kappa shape index (κ3) is 2.51. The Labute approximate surface area is 112 Å². The second kappa shape index (κ2) is 4.88. The van der Waals surface area contributed by atoms with Gasteiger partial charge in [0.15, 0.2) is 5.13 Å². The van der Waals surface area contributed by atoms with Crippen LogP contribution in [0, 0.1) is 5.41 Å². The first-order valence-electron chi connectivity index (χ1n) is 6.85. The molecule has 1 heterocycles. The van der Waals surface area contributed by atoms with Crippen LogP contribution in [-0.2, 0) is 0 Å². The van der Waals surface area contributed by atoms with Crippen LogP contribution in [0.25, 0.3) is 10.2 Å². The molecule has 0 radical (unpaired) electrons. The van der Waals surface area contributed by atoms with Crippen molar-refractivity contribution in [2.45, 2.75) is 39.0 Å². The van der Waals surface area contributed by atoms with Gasteiger partial charge in [-0.05, 0) is 30.4 Å². The fourth-order valence-corrected chi connectivity index (χ4v) is 3.68. The van der Waals surface area contributed by atoms with Gasteiger partial charge in [-0.3, -0.25) is 0 Å². The van der Waals surface area contributed by atoms with Gasteiger partial charge < -0.3 is 5.32 Å². The van der Waals surface area contributed by atoms with E-state index in [1.807, 2.05) is 6.07 Å². The summed E-state index contributed by atoms with van der Waals surface area (Å²) in [5, 5.41) is 4.62. The fraction of sp³-hybridized carbons (Fsp3) is 0.533. The molecule has 0 atom stereocenters. The van der Waals surface area contributed by atoms with Crippen LogP contribution in [0.15, 0.2) is 24.3 Å². The van der Waals surface area contributed by atoms with Crippen molar-refractivity contribution in [1.82, 2.24) is 4.98 Å². The second-order valence-corrected chi connectivity index (χ2v) is 6.74. The van der Waals surface area contributed by atoms with Gasteiger partial charge >= 0.3 is 0 Å². The third-order valence-electron chi connectivity index (χ3n) is 4.02. The van der Waals surface area contributed by atoms with Gasteiger partial charge in [0.05, 0.1) is 10.2 Å². The molecule has 1 aromatic carbocycles. The smallest absolute Gasteiger partial charge is 0.183 e. The van der Waals surface area contributed by atoms with Crippen LogP contribution >= 0.6 is 11.3 Å². The maximum Gasteiger partial charge on any atom is 0.183 e. The first-order valence-corrected chi connectivity index (χ1v) is 7.66. The normalized spacial score (nSPS) is 18.9. The lowest BCUT2D eigenvalue weighted by Gasteiger charge is -2.33. The predicted octanol–water partition coefficient (Wildman–Crippen LogP) is 4.68. The van der Waals surface area contributed by atoms with Crippen LogP contribution in [-0.4, -0.2) is 11.5 Å². The molecule has 0 unspecified atom stereocenters. The zero-order valence-electron chi connectivity index (χ0n) is 10.9.